The van der Waals surface area contributed by atoms with Crippen LogP contribution in [0.25, 0.3) is 0 Å². The maximum Gasteiger partial charge on any atom is 0.212 e. The summed E-state index contributed by atoms with van der Waals surface area (Å²) < 4.78 is 55.4. The van der Waals surface area contributed by atoms with Crippen molar-refractivity contribution in [2.45, 2.75) is 51.6 Å². The first-order valence-corrected chi connectivity index (χ1v) is 13.0. The Hall–Kier alpha value is -2.15. The Morgan fingerprint density at radius 3 is 2.36 bits per heavy atom. The first-order chi connectivity index (χ1) is 15.4. The summed E-state index contributed by atoms with van der Waals surface area (Å²) in [6, 6.07) is 2.96. The summed E-state index contributed by atoms with van der Waals surface area (Å²) in [6.45, 7) is 3.15. The molecule has 12 heteroatoms. The summed E-state index contributed by atoms with van der Waals surface area (Å²) in [4.78, 5) is 16.7. The molecule has 2 aromatic rings. The zero-order chi connectivity index (χ0) is 24.4. The van der Waals surface area contributed by atoms with Crippen LogP contribution in [0.4, 0.5) is 19.7 Å². The molecule has 0 saturated heterocycles. The van der Waals surface area contributed by atoms with Crippen molar-refractivity contribution in [1.82, 2.24) is 9.71 Å². The number of hydrogen-bond acceptors (Lipinski definition) is 8. The number of aliphatic hydroxyl groups is 1. The molecule has 1 heterocycles. The molecule has 1 aromatic carbocycles. The fourth-order valence-corrected chi connectivity index (χ4v) is 6.63. The lowest BCUT2D eigenvalue weighted by molar-refractivity contribution is 0.103. The smallest absolute Gasteiger partial charge is 0.212 e. The second-order valence-electron chi connectivity index (χ2n) is 9.05. The van der Waals surface area contributed by atoms with Gasteiger partial charge in [-0.1, -0.05) is 31.3 Å². The number of thiazole rings is 1. The molecule has 1 fully saturated rings. The summed E-state index contributed by atoms with van der Waals surface area (Å²) in [6.07, 6.45) is 2.51. The minimum atomic E-state index is -3.53. The van der Waals surface area contributed by atoms with E-state index >= 15 is 0 Å². The largest absolute Gasteiger partial charge is 0.396 e. The zero-order valence-electron chi connectivity index (χ0n) is 18.4. The Labute approximate surface area is 195 Å². The molecule has 1 saturated carbocycles. The monoisotopic (exact) mass is 502 g/mol. The number of hydrogen-bond donors (Lipinski definition) is 4. The number of aliphatic hydroxyl groups excluding tert-OH is 1. The Balaban J connectivity index is 1.59. The van der Waals surface area contributed by atoms with Crippen LogP contribution in [0.1, 0.15) is 54.8 Å². The molecule has 0 spiro atoms. The summed E-state index contributed by atoms with van der Waals surface area (Å²) in [5.74, 6) is -3.07. The van der Waals surface area contributed by atoms with E-state index in [1.54, 1.807) is 13.8 Å². The number of benzene rings is 1. The minimum absolute atomic E-state index is 0.0154. The van der Waals surface area contributed by atoms with Gasteiger partial charge in [0.1, 0.15) is 22.3 Å². The number of nitrogens with one attached hydrogen (secondary N) is 2. The molecule has 1 aliphatic carbocycles. The molecular weight excluding hydrogens is 474 g/mol. The summed E-state index contributed by atoms with van der Waals surface area (Å²) >= 11 is 0.928. The summed E-state index contributed by atoms with van der Waals surface area (Å²) in [7, 11) is -3.53. The molecule has 0 bridgehead atoms. The third-order valence-corrected chi connectivity index (χ3v) is 8.31. The van der Waals surface area contributed by atoms with Crippen LogP contribution >= 0.6 is 11.3 Å². The second-order valence-corrected chi connectivity index (χ2v) is 11.8. The van der Waals surface area contributed by atoms with Crippen LogP contribution in [-0.4, -0.2) is 48.7 Å². The van der Waals surface area contributed by atoms with Crippen LogP contribution in [0.2, 0.25) is 0 Å². The number of carbonyl (C=O) groups is 1. The topological polar surface area (TPSA) is 134 Å². The maximum atomic E-state index is 14.0. The van der Waals surface area contributed by atoms with Crippen LogP contribution in [-0.2, 0) is 10.0 Å². The van der Waals surface area contributed by atoms with Gasteiger partial charge in [-0.2, -0.15) is 0 Å². The molecule has 3 rings (SSSR count). The number of aromatic nitrogens is 1. The van der Waals surface area contributed by atoms with Gasteiger partial charge in [0, 0.05) is 24.1 Å². The molecule has 8 nitrogen and oxygen atoms in total. The van der Waals surface area contributed by atoms with Crippen molar-refractivity contribution in [3.05, 3.63) is 40.3 Å². The quantitative estimate of drug-likeness (QED) is 0.387. The van der Waals surface area contributed by atoms with Crippen molar-refractivity contribution in [2.24, 2.45) is 5.41 Å². The van der Waals surface area contributed by atoms with Crippen molar-refractivity contribution in [3.63, 3.8) is 0 Å². The zero-order valence-corrected chi connectivity index (χ0v) is 20.0. The lowest BCUT2D eigenvalue weighted by Crippen LogP contribution is -2.43. The first-order valence-electron chi connectivity index (χ1n) is 10.5. The number of carbonyl (C=O) groups excluding carboxylic acids is 1. The number of ketones is 1. The Morgan fingerprint density at radius 1 is 1.21 bits per heavy atom. The molecular formula is C21H28F2N4O4S2. The number of rotatable bonds is 9. The lowest BCUT2D eigenvalue weighted by Gasteiger charge is -2.30. The van der Waals surface area contributed by atoms with Gasteiger partial charge in [0.15, 0.2) is 5.13 Å². The highest BCUT2D eigenvalue weighted by Crippen LogP contribution is 2.31. The molecule has 0 radical (unpaired) electrons. The SMILES string of the molecule is CC(C)(CO)CS(=O)(=O)NC1CCC(Nc2nc(N)c(C(=O)c3c(F)cccc3F)s2)CC1. The highest BCUT2D eigenvalue weighted by atomic mass is 32.2. The summed E-state index contributed by atoms with van der Waals surface area (Å²) in [5.41, 5.74) is 4.44. The number of nitrogen functional groups attached to an aromatic ring is 1. The van der Waals surface area contributed by atoms with Crippen molar-refractivity contribution in [1.29, 1.82) is 0 Å². The van der Waals surface area contributed by atoms with Gasteiger partial charge in [0.05, 0.1) is 11.3 Å². The number of sulfonamides is 1. The first kappa shape index (κ1) is 25.5. The standard InChI is InChI=1S/C21H28F2N4O4S2/c1-21(2,10-28)11-33(30,31)27-13-8-6-12(7-9-13)25-20-26-19(24)18(32-20)17(29)16-14(22)4-3-5-15(16)23/h3-5,12-13,27-28H,6-11,24H2,1-2H3,(H,25,26). The van der Waals surface area contributed by atoms with E-state index in [4.69, 9.17) is 5.73 Å². The predicted molar refractivity (Wildman–Crippen MR) is 124 cm³/mol. The number of anilines is 2. The number of halogens is 2. The fraction of sp³-hybridized carbons (Fsp3) is 0.524. The van der Waals surface area contributed by atoms with Crippen molar-refractivity contribution in [3.8, 4) is 0 Å². The van der Waals surface area contributed by atoms with Gasteiger partial charge in [-0.25, -0.2) is 26.9 Å². The average molecular weight is 503 g/mol. The van der Waals surface area contributed by atoms with Crippen molar-refractivity contribution < 1.29 is 27.1 Å². The molecule has 0 aliphatic heterocycles. The molecule has 1 aromatic heterocycles. The molecule has 33 heavy (non-hydrogen) atoms. The van der Waals surface area contributed by atoms with Crippen LogP contribution < -0.4 is 15.8 Å². The van der Waals surface area contributed by atoms with Crippen molar-refractivity contribution in [2.75, 3.05) is 23.4 Å². The van der Waals surface area contributed by atoms with Crippen LogP contribution in [0, 0.1) is 17.0 Å². The van der Waals surface area contributed by atoms with E-state index in [0.717, 1.165) is 23.5 Å². The van der Waals surface area contributed by atoms with E-state index in [1.165, 1.54) is 6.07 Å². The van der Waals surface area contributed by atoms with E-state index in [0.29, 0.717) is 30.8 Å². The van der Waals surface area contributed by atoms with E-state index in [-0.39, 0.29) is 35.1 Å². The van der Waals surface area contributed by atoms with Crippen LogP contribution in [0.15, 0.2) is 18.2 Å². The highest BCUT2D eigenvalue weighted by Gasteiger charge is 2.30. The number of nitrogens with zero attached hydrogens (tertiary/aromatic N) is 1. The van der Waals surface area contributed by atoms with Crippen LogP contribution in [0.3, 0.4) is 0 Å². The second kappa shape index (κ2) is 10.00. The van der Waals surface area contributed by atoms with Gasteiger partial charge in [-0.3, -0.25) is 4.79 Å². The lowest BCUT2D eigenvalue weighted by atomic mass is 9.92. The Bertz CT molecular complexity index is 1090. The van der Waals surface area contributed by atoms with Gasteiger partial charge in [-0.05, 0) is 37.8 Å². The van der Waals surface area contributed by atoms with E-state index in [1.807, 2.05) is 0 Å². The van der Waals surface area contributed by atoms with Gasteiger partial charge >= 0.3 is 0 Å². The third kappa shape index (κ3) is 6.46. The van der Waals surface area contributed by atoms with Gasteiger partial charge in [-0.15, -0.1) is 0 Å². The normalized spacial score (nSPS) is 19.4. The van der Waals surface area contributed by atoms with E-state index in [9.17, 15) is 27.1 Å². The van der Waals surface area contributed by atoms with Crippen molar-refractivity contribution >= 4 is 38.1 Å². The molecule has 0 amide bonds. The third-order valence-electron chi connectivity index (χ3n) is 5.46. The number of nitrogens with two attached hydrogens (primary N) is 1. The minimum Gasteiger partial charge on any atom is -0.396 e. The Morgan fingerprint density at radius 2 is 1.79 bits per heavy atom. The predicted octanol–water partition coefficient (Wildman–Crippen LogP) is 2.90. The van der Waals surface area contributed by atoms with Gasteiger partial charge in [0.25, 0.3) is 0 Å². The highest BCUT2D eigenvalue weighted by molar-refractivity contribution is 7.89. The average Bonchev–Trinajstić information content (AvgIpc) is 3.08. The molecule has 5 N–H and O–H groups in total. The molecule has 0 unspecified atom stereocenters. The molecule has 1 aliphatic rings. The van der Waals surface area contributed by atoms with E-state index < -0.39 is 38.4 Å². The Kier molecular flexibility index (Phi) is 7.72. The van der Waals surface area contributed by atoms with Crippen LogP contribution in [0.5, 0.6) is 0 Å². The van der Waals surface area contributed by atoms with Gasteiger partial charge in [0.2, 0.25) is 15.8 Å². The molecule has 0 atom stereocenters. The van der Waals surface area contributed by atoms with Gasteiger partial charge < -0.3 is 16.2 Å². The molecule has 182 valence electrons. The fourth-order valence-electron chi connectivity index (χ4n) is 3.77. The van der Waals surface area contributed by atoms with E-state index in [2.05, 4.69) is 15.0 Å². The maximum absolute atomic E-state index is 14.0. The summed E-state index contributed by atoms with van der Waals surface area (Å²) in [5, 5.41) is 12.9.